The topological polar surface area (TPSA) is 78.9 Å². The van der Waals surface area contributed by atoms with E-state index in [1.165, 1.54) is 23.9 Å². The van der Waals surface area contributed by atoms with E-state index in [4.69, 9.17) is 11.0 Å². The zero-order valence-electron chi connectivity index (χ0n) is 11.0. The Bertz CT molecular complexity index is 692. The van der Waals surface area contributed by atoms with Crippen molar-refractivity contribution in [3.8, 4) is 6.07 Å². The summed E-state index contributed by atoms with van der Waals surface area (Å²) >= 11 is 1.17. The van der Waals surface area contributed by atoms with E-state index in [2.05, 4.69) is 5.32 Å². The molecule has 21 heavy (non-hydrogen) atoms. The van der Waals surface area contributed by atoms with Gasteiger partial charge in [-0.05, 0) is 30.3 Å². The lowest BCUT2D eigenvalue weighted by Crippen LogP contribution is -2.14. The van der Waals surface area contributed by atoms with Crippen LogP contribution in [0.2, 0.25) is 0 Å². The highest BCUT2D eigenvalue weighted by atomic mass is 32.2. The van der Waals surface area contributed by atoms with Gasteiger partial charge in [0.2, 0.25) is 5.91 Å². The molecule has 0 saturated heterocycles. The number of nitrogens with zero attached hydrogens (tertiary/aromatic N) is 1. The van der Waals surface area contributed by atoms with Gasteiger partial charge < -0.3 is 11.1 Å². The molecule has 1 amide bonds. The van der Waals surface area contributed by atoms with Crippen LogP contribution in [0.1, 0.15) is 5.56 Å². The largest absolute Gasteiger partial charge is 0.399 e. The molecule has 0 aliphatic rings. The molecule has 0 aliphatic carbocycles. The minimum absolute atomic E-state index is 0.0999. The SMILES string of the molecule is N#Cc1ccccc1NC(=O)CSc1cc(N)cc(F)c1. The van der Waals surface area contributed by atoms with Crippen molar-refractivity contribution >= 4 is 29.0 Å². The number of nitrogens with one attached hydrogen (secondary N) is 1. The number of nitrogens with two attached hydrogens (primary N) is 1. The maximum atomic E-state index is 13.2. The van der Waals surface area contributed by atoms with Crippen LogP contribution in [0.25, 0.3) is 0 Å². The molecule has 4 nitrogen and oxygen atoms in total. The van der Waals surface area contributed by atoms with E-state index in [1.807, 2.05) is 6.07 Å². The third-order valence-electron chi connectivity index (χ3n) is 2.59. The van der Waals surface area contributed by atoms with Gasteiger partial charge in [-0.1, -0.05) is 12.1 Å². The van der Waals surface area contributed by atoms with Crippen molar-refractivity contribution in [3.05, 3.63) is 53.8 Å². The molecule has 0 aromatic heterocycles. The summed E-state index contributed by atoms with van der Waals surface area (Å²) in [6.07, 6.45) is 0. The molecule has 106 valence electrons. The van der Waals surface area contributed by atoms with Gasteiger partial charge in [0.05, 0.1) is 17.0 Å². The smallest absolute Gasteiger partial charge is 0.234 e. The first-order valence-corrected chi connectivity index (χ1v) is 7.05. The second-order valence-corrected chi connectivity index (χ2v) is 5.26. The lowest BCUT2D eigenvalue weighted by molar-refractivity contribution is -0.113. The maximum absolute atomic E-state index is 13.2. The van der Waals surface area contributed by atoms with Gasteiger partial charge >= 0.3 is 0 Å². The van der Waals surface area contributed by atoms with Gasteiger partial charge in [0, 0.05) is 10.6 Å². The molecular weight excluding hydrogens is 289 g/mol. The molecule has 0 atom stereocenters. The van der Waals surface area contributed by atoms with Gasteiger partial charge in [-0.2, -0.15) is 5.26 Å². The molecule has 2 aromatic rings. The number of nitrogen functional groups attached to an aromatic ring is 1. The van der Waals surface area contributed by atoms with Crippen molar-refractivity contribution in [2.45, 2.75) is 4.90 Å². The Labute approximate surface area is 125 Å². The molecule has 2 aromatic carbocycles. The summed E-state index contributed by atoms with van der Waals surface area (Å²) in [6, 6.07) is 12.9. The number of para-hydroxylation sites is 1. The summed E-state index contributed by atoms with van der Waals surface area (Å²) in [5.74, 6) is -0.610. The van der Waals surface area contributed by atoms with Gasteiger partial charge in [-0.3, -0.25) is 4.79 Å². The predicted octanol–water partition coefficient (Wildman–Crippen LogP) is 3.01. The normalized spacial score (nSPS) is 9.90. The van der Waals surface area contributed by atoms with Crippen molar-refractivity contribution in [2.24, 2.45) is 0 Å². The number of nitriles is 1. The van der Waals surface area contributed by atoms with E-state index in [0.717, 1.165) is 0 Å². The molecule has 0 radical (unpaired) electrons. The third-order valence-corrected chi connectivity index (χ3v) is 3.56. The zero-order chi connectivity index (χ0) is 15.2. The molecule has 0 heterocycles. The lowest BCUT2D eigenvalue weighted by atomic mass is 10.2. The van der Waals surface area contributed by atoms with Gasteiger partial charge in [-0.25, -0.2) is 4.39 Å². The van der Waals surface area contributed by atoms with E-state index in [1.54, 1.807) is 30.3 Å². The third kappa shape index (κ3) is 4.23. The number of rotatable bonds is 4. The molecule has 2 rings (SSSR count). The fraction of sp³-hybridized carbons (Fsp3) is 0.0667. The van der Waals surface area contributed by atoms with Gasteiger partial charge in [0.1, 0.15) is 11.9 Å². The van der Waals surface area contributed by atoms with Gasteiger partial charge in [0.25, 0.3) is 0 Å². The Morgan fingerprint density at radius 3 is 2.81 bits per heavy atom. The number of hydrogen-bond donors (Lipinski definition) is 2. The van der Waals surface area contributed by atoms with Crippen molar-refractivity contribution < 1.29 is 9.18 Å². The minimum atomic E-state index is -0.437. The molecule has 0 bridgehead atoms. The van der Waals surface area contributed by atoms with Crippen LogP contribution in [0.15, 0.2) is 47.4 Å². The highest BCUT2D eigenvalue weighted by molar-refractivity contribution is 8.00. The minimum Gasteiger partial charge on any atom is -0.399 e. The Kier molecular flexibility index (Phi) is 4.80. The fourth-order valence-corrected chi connectivity index (χ4v) is 2.48. The van der Waals surface area contributed by atoms with Gasteiger partial charge in [0.15, 0.2) is 0 Å². The van der Waals surface area contributed by atoms with E-state index in [9.17, 15) is 9.18 Å². The summed E-state index contributed by atoms with van der Waals surface area (Å²) < 4.78 is 13.2. The van der Waals surface area contributed by atoms with Crippen LogP contribution >= 0.6 is 11.8 Å². The van der Waals surface area contributed by atoms with E-state index in [0.29, 0.717) is 21.8 Å². The quantitative estimate of drug-likeness (QED) is 0.672. The van der Waals surface area contributed by atoms with E-state index >= 15 is 0 Å². The molecule has 0 unspecified atom stereocenters. The second-order valence-electron chi connectivity index (χ2n) is 4.21. The van der Waals surface area contributed by atoms with E-state index in [-0.39, 0.29) is 11.7 Å². The average molecular weight is 301 g/mol. The highest BCUT2D eigenvalue weighted by Gasteiger charge is 2.08. The molecule has 0 saturated carbocycles. The number of hydrogen-bond acceptors (Lipinski definition) is 4. The molecule has 0 fully saturated rings. The Balaban J connectivity index is 1.98. The van der Waals surface area contributed by atoms with Crippen molar-refractivity contribution in [3.63, 3.8) is 0 Å². The highest BCUT2D eigenvalue weighted by Crippen LogP contribution is 2.22. The Morgan fingerprint density at radius 2 is 2.10 bits per heavy atom. The first kappa shape index (κ1) is 14.9. The number of thioether (sulfide) groups is 1. The van der Waals surface area contributed by atoms with Crippen LogP contribution in [0.5, 0.6) is 0 Å². The monoisotopic (exact) mass is 301 g/mol. The number of halogens is 1. The average Bonchev–Trinajstić information content (AvgIpc) is 2.45. The first-order chi connectivity index (χ1) is 10.1. The molecule has 3 N–H and O–H groups in total. The first-order valence-electron chi connectivity index (χ1n) is 6.06. The fourth-order valence-electron chi connectivity index (χ4n) is 1.69. The summed E-state index contributed by atoms with van der Waals surface area (Å²) in [5, 5.41) is 11.6. The van der Waals surface area contributed by atoms with Crippen molar-refractivity contribution in [2.75, 3.05) is 16.8 Å². The zero-order valence-corrected chi connectivity index (χ0v) is 11.8. The standard InChI is InChI=1S/C15H12FN3OS/c16-11-5-12(18)7-13(6-11)21-9-15(20)19-14-4-2-1-3-10(14)8-17/h1-7H,9,18H2,(H,19,20). The summed E-state index contributed by atoms with van der Waals surface area (Å²) in [7, 11) is 0. The molecule has 0 spiro atoms. The molecule has 0 aliphatic heterocycles. The number of anilines is 2. The second kappa shape index (κ2) is 6.77. The van der Waals surface area contributed by atoms with Crippen LogP contribution in [0.4, 0.5) is 15.8 Å². The predicted molar refractivity (Wildman–Crippen MR) is 81.3 cm³/mol. The van der Waals surface area contributed by atoms with Crippen LogP contribution in [-0.2, 0) is 4.79 Å². The van der Waals surface area contributed by atoms with Crippen LogP contribution in [-0.4, -0.2) is 11.7 Å². The number of carbonyl (C=O) groups is 1. The van der Waals surface area contributed by atoms with Crippen molar-refractivity contribution in [1.29, 1.82) is 5.26 Å². The van der Waals surface area contributed by atoms with Crippen molar-refractivity contribution in [1.82, 2.24) is 0 Å². The summed E-state index contributed by atoms with van der Waals surface area (Å²) in [4.78, 5) is 12.4. The van der Waals surface area contributed by atoms with Gasteiger partial charge in [-0.15, -0.1) is 11.8 Å². The molecule has 6 heteroatoms. The molecular formula is C15H12FN3OS. The number of benzene rings is 2. The maximum Gasteiger partial charge on any atom is 0.234 e. The Hall–Kier alpha value is -2.52. The van der Waals surface area contributed by atoms with Crippen LogP contribution in [0.3, 0.4) is 0 Å². The Morgan fingerprint density at radius 1 is 1.33 bits per heavy atom. The van der Waals surface area contributed by atoms with Crippen LogP contribution < -0.4 is 11.1 Å². The van der Waals surface area contributed by atoms with E-state index < -0.39 is 5.82 Å². The summed E-state index contributed by atoms with van der Waals surface area (Å²) in [5.41, 5.74) is 6.71. The lowest BCUT2D eigenvalue weighted by Gasteiger charge is -2.07. The number of amides is 1. The van der Waals surface area contributed by atoms with Crippen LogP contribution in [0, 0.1) is 17.1 Å². The summed E-state index contributed by atoms with van der Waals surface area (Å²) in [6.45, 7) is 0. The number of carbonyl (C=O) groups excluding carboxylic acids is 1.